The van der Waals surface area contributed by atoms with Crippen molar-refractivity contribution in [2.75, 3.05) is 7.11 Å². The Labute approximate surface area is 127 Å². The summed E-state index contributed by atoms with van der Waals surface area (Å²) < 4.78 is 11.7. The predicted octanol–water partition coefficient (Wildman–Crippen LogP) is 4.10. The summed E-state index contributed by atoms with van der Waals surface area (Å²) in [6.45, 7) is 6.91. The first-order chi connectivity index (χ1) is 9.82. The van der Waals surface area contributed by atoms with Gasteiger partial charge < -0.3 is 14.6 Å². The van der Waals surface area contributed by atoms with Gasteiger partial charge in [0.1, 0.15) is 17.1 Å². The second-order valence-electron chi connectivity index (χ2n) is 7.76. The third-order valence-electron chi connectivity index (χ3n) is 4.89. The van der Waals surface area contributed by atoms with Crippen molar-refractivity contribution >= 4 is 0 Å². The Bertz CT molecular complexity index is 537. The van der Waals surface area contributed by atoms with E-state index in [-0.39, 0.29) is 11.0 Å². The summed E-state index contributed by atoms with van der Waals surface area (Å²) in [5.41, 5.74) is 0.903. The largest absolute Gasteiger partial charge is 0.497 e. The van der Waals surface area contributed by atoms with Gasteiger partial charge in [0.2, 0.25) is 0 Å². The molecular formula is C18H26O3. The van der Waals surface area contributed by atoms with Gasteiger partial charge in [-0.1, -0.05) is 20.8 Å². The summed E-state index contributed by atoms with van der Waals surface area (Å²) in [6, 6.07) is 5.73. The second kappa shape index (κ2) is 4.91. The van der Waals surface area contributed by atoms with Crippen LogP contribution in [0.15, 0.2) is 18.2 Å². The fraction of sp³-hybridized carbons (Fsp3) is 0.667. The van der Waals surface area contributed by atoms with Crippen molar-refractivity contribution in [2.45, 2.75) is 58.2 Å². The lowest BCUT2D eigenvalue weighted by Gasteiger charge is -2.50. The number of hydrogen-bond donors (Lipinski definition) is 1. The van der Waals surface area contributed by atoms with Crippen molar-refractivity contribution in [1.29, 1.82) is 0 Å². The predicted molar refractivity (Wildman–Crippen MR) is 82.7 cm³/mol. The molecule has 0 aromatic heterocycles. The summed E-state index contributed by atoms with van der Waals surface area (Å²) in [4.78, 5) is 0. The Morgan fingerprint density at radius 2 is 2.00 bits per heavy atom. The zero-order valence-electron chi connectivity index (χ0n) is 13.5. The Kier molecular flexibility index (Phi) is 3.44. The maximum absolute atomic E-state index is 10.6. The lowest BCUT2D eigenvalue weighted by molar-refractivity contribution is -0.0822. The van der Waals surface area contributed by atoms with Gasteiger partial charge in [0, 0.05) is 12.0 Å². The molecule has 1 aliphatic carbocycles. The van der Waals surface area contributed by atoms with Crippen molar-refractivity contribution in [3.63, 3.8) is 0 Å². The van der Waals surface area contributed by atoms with Gasteiger partial charge in [-0.15, -0.1) is 0 Å². The van der Waals surface area contributed by atoms with Crippen molar-refractivity contribution < 1.29 is 14.6 Å². The van der Waals surface area contributed by atoms with E-state index < -0.39 is 6.10 Å². The van der Waals surface area contributed by atoms with Crippen LogP contribution in [0.2, 0.25) is 0 Å². The Hall–Kier alpha value is -1.22. The summed E-state index contributed by atoms with van der Waals surface area (Å²) in [6.07, 6.45) is 3.47. The van der Waals surface area contributed by atoms with Crippen LogP contribution in [0.5, 0.6) is 11.5 Å². The molecule has 0 radical (unpaired) electrons. The van der Waals surface area contributed by atoms with E-state index in [0.717, 1.165) is 29.9 Å². The molecule has 21 heavy (non-hydrogen) atoms. The van der Waals surface area contributed by atoms with E-state index in [1.807, 2.05) is 18.2 Å². The Morgan fingerprint density at radius 3 is 2.67 bits per heavy atom. The molecule has 0 amide bonds. The maximum Gasteiger partial charge on any atom is 0.126 e. The van der Waals surface area contributed by atoms with Crippen LogP contribution in [-0.4, -0.2) is 17.8 Å². The third-order valence-corrected chi connectivity index (χ3v) is 4.89. The number of rotatable bonds is 1. The minimum absolute atomic E-state index is 0.220. The number of ether oxygens (including phenoxy) is 2. The van der Waals surface area contributed by atoms with Gasteiger partial charge in [0.15, 0.2) is 0 Å². The molecule has 1 fully saturated rings. The molecule has 1 aliphatic heterocycles. The number of aliphatic hydroxyl groups is 1. The molecule has 1 saturated carbocycles. The number of aliphatic hydroxyl groups excluding tert-OH is 1. The molecule has 1 spiro atoms. The standard InChI is InChI=1S/C18H26O3/c1-12-8-17(2,3)11-18(9-12)10-15(19)14-7-13(20-4)5-6-16(14)21-18/h5-7,12,15,19H,8-11H2,1-4H3. The van der Waals surface area contributed by atoms with E-state index in [1.54, 1.807) is 7.11 Å². The fourth-order valence-corrected chi connectivity index (χ4v) is 4.64. The van der Waals surface area contributed by atoms with Gasteiger partial charge in [-0.3, -0.25) is 0 Å². The number of fused-ring (bicyclic) bond motifs is 1. The minimum atomic E-state index is -0.468. The second-order valence-corrected chi connectivity index (χ2v) is 7.76. The molecule has 3 rings (SSSR count). The maximum atomic E-state index is 10.6. The van der Waals surface area contributed by atoms with Crippen molar-refractivity contribution in [3.8, 4) is 11.5 Å². The highest BCUT2D eigenvalue weighted by molar-refractivity contribution is 5.43. The number of hydrogen-bond acceptors (Lipinski definition) is 3. The molecule has 1 heterocycles. The molecule has 1 aromatic rings. The molecule has 1 aromatic carbocycles. The number of methoxy groups -OCH3 is 1. The third kappa shape index (κ3) is 2.76. The lowest BCUT2D eigenvalue weighted by Crippen LogP contribution is -2.49. The molecule has 2 aliphatic rings. The first-order valence-electron chi connectivity index (χ1n) is 7.88. The molecule has 3 atom stereocenters. The Morgan fingerprint density at radius 1 is 1.24 bits per heavy atom. The zero-order valence-corrected chi connectivity index (χ0v) is 13.5. The zero-order chi connectivity index (χ0) is 15.3. The quantitative estimate of drug-likeness (QED) is 0.846. The molecule has 1 N–H and O–H groups in total. The molecule has 3 nitrogen and oxygen atoms in total. The van der Waals surface area contributed by atoms with Crippen LogP contribution < -0.4 is 9.47 Å². The van der Waals surface area contributed by atoms with Crippen molar-refractivity contribution in [1.82, 2.24) is 0 Å². The van der Waals surface area contributed by atoms with E-state index in [2.05, 4.69) is 20.8 Å². The highest BCUT2D eigenvalue weighted by Gasteiger charge is 2.48. The summed E-state index contributed by atoms with van der Waals surface area (Å²) >= 11 is 0. The van der Waals surface area contributed by atoms with Crippen LogP contribution in [0.3, 0.4) is 0 Å². The normalized spacial score (nSPS) is 34.1. The van der Waals surface area contributed by atoms with Crippen LogP contribution in [0, 0.1) is 11.3 Å². The summed E-state index contributed by atoms with van der Waals surface area (Å²) in [5, 5.41) is 10.6. The van der Waals surface area contributed by atoms with E-state index in [9.17, 15) is 5.11 Å². The van der Waals surface area contributed by atoms with Gasteiger partial charge in [-0.05, 0) is 48.8 Å². The van der Waals surface area contributed by atoms with Crippen LogP contribution in [0.25, 0.3) is 0 Å². The SMILES string of the molecule is COc1ccc2c(c1)C(O)CC1(CC(C)CC(C)(C)C1)O2. The Balaban J connectivity index is 1.94. The van der Waals surface area contributed by atoms with Gasteiger partial charge in [-0.2, -0.15) is 0 Å². The molecule has 3 unspecified atom stereocenters. The van der Waals surface area contributed by atoms with E-state index in [1.165, 1.54) is 6.42 Å². The van der Waals surface area contributed by atoms with Crippen LogP contribution >= 0.6 is 0 Å². The highest BCUT2D eigenvalue weighted by atomic mass is 16.5. The first-order valence-corrected chi connectivity index (χ1v) is 7.88. The van der Waals surface area contributed by atoms with E-state index in [4.69, 9.17) is 9.47 Å². The van der Waals surface area contributed by atoms with Crippen LogP contribution in [-0.2, 0) is 0 Å². The molecular weight excluding hydrogens is 264 g/mol. The minimum Gasteiger partial charge on any atom is -0.497 e. The smallest absolute Gasteiger partial charge is 0.126 e. The number of benzene rings is 1. The monoisotopic (exact) mass is 290 g/mol. The van der Waals surface area contributed by atoms with Crippen molar-refractivity contribution in [2.24, 2.45) is 11.3 Å². The van der Waals surface area contributed by atoms with E-state index >= 15 is 0 Å². The molecule has 3 heteroatoms. The van der Waals surface area contributed by atoms with Crippen LogP contribution in [0.4, 0.5) is 0 Å². The topological polar surface area (TPSA) is 38.7 Å². The first kappa shape index (κ1) is 14.7. The van der Waals surface area contributed by atoms with Crippen LogP contribution in [0.1, 0.15) is 58.1 Å². The summed E-state index contributed by atoms with van der Waals surface area (Å²) in [7, 11) is 1.64. The van der Waals surface area contributed by atoms with Gasteiger partial charge in [0.25, 0.3) is 0 Å². The molecule has 0 saturated heterocycles. The molecule has 0 bridgehead atoms. The summed E-state index contributed by atoms with van der Waals surface area (Å²) in [5.74, 6) is 2.21. The van der Waals surface area contributed by atoms with Gasteiger partial charge in [0.05, 0.1) is 13.2 Å². The van der Waals surface area contributed by atoms with Gasteiger partial charge in [-0.25, -0.2) is 0 Å². The van der Waals surface area contributed by atoms with Crippen molar-refractivity contribution in [3.05, 3.63) is 23.8 Å². The molecule has 116 valence electrons. The fourth-order valence-electron chi connectivity index (χ4n) is 4.64. The van der Waals surface area contributed by atoms with E-state index in [0.29, 0.717) is 12.3 Å². The average Bonchev–Trinajstić information content (AvgIpc) is 2.35. The lowest BCUT2D eigenvalue weighted by atomic mass is 9.63. The van der Waals surface area contributed by atoms with Gasteiger partial charge >= 0.3 is 0 Å². The highest BCUT2D eigenvalue weighted by Crippen LogP contribution is 2.52. The average molecular weight is 290 g/mol.